The summed E-state index contributed by atoms with van der Waals surface area (Å²) in [6, 6.07) is 15.0. The van der Waals surface area contributed by atoms with Crippen molar-refractivity contribution in [3.8, 4) is 11.1 Å². The maximum absolute atomic E-state index is 14.5. The molecule has 2 atom stereocenters. The molecule has 0 fully saturated rings. The lowest BCUT2D eigenvalue weighted by Crippen LogP contribution is -2.46. The Morgan fingerprint density at radius 3 is 2.24 bits per heavy atom. The number of rotatable bonds is 6. The Hall–Kier alpha value is -3.56. The zero-order valence-electron chi connectivity index (χ0n) is 20.2. The van der Waals surface area contributed by atoms with Crippen molar-refractivity contribution in [2.75, 3.05) is 0 Å². The maximum Gasteiger partial charge on any atom is 0.422 e. The van der Waals surface area contributed by atoms with Gasteiger partial charge in [0, 0.05) is 25.0 Å². The molecule has 0 aliphatic rings. The molecule has 1 aromatic heterocycles. The van der Waals surface area contributed by atoms with Gasteiger partial charge in [0.2, 0.25) is 0 Å². The Labute approximate surface area is 215 Å². The molecule has 1 heterocycles. The fourth-order valence-corrected chi connectivity index (χ4v) is 5.07. The first-order valence-electron chi connectivity index (χ1n) is 11.3. The van der Waals surface area contributed by atoms with Crippen LogP contribution in [0.25, 0.3) is 22.2 Å². The van der Waals surface area contributed by atoms with Crippen molar-refractivity contribution in [2.45, 2.75) is 31.0 Å². The minimum Gasteiger partial charge on any atom is -0.481 e. The van der Waals surface area contributed by atoms with Gasteiger partial charge in [-0.15, -0.1) is 0 Å². The second-order valence-corrected chi connectivity index (χ2v) is 9.50. The highest BCUT2D eigenvalue weighted by molar-refractivity contribution is 6.31. The summed E-state index contributed by atoms with van der Waals surface area (Å²) in [6.07, 6.45) is -5.24. The summed E-state index contributed by atoms with van der Waals surface area (Å²) < 4.78 is 46.1. The van der Waals surface area contributed by atoms with Gasteiger partial charge in [0.15, 0.2) is 5.60 Å². The number of nitrogens with zero attached hydrogens (tertiary/aromatic N) is 2. The maximum atomic E-state index is 14.5. The highest BCUT2D eigenvalue weighted by Crippen LogP contribution is 2.50. The summed E-state index contributed by atoms with van der Waals surface area (Å²) >= 11 is 6.46. The van der Waals surface area contributed by atoms with Gasteiger partial charge in [-0.25, -0.2) is 4.79 Å². The third-order valence-corrected chi connectivity index (χ3v) is 7.18. The molecule has 194 valence electrons. The Balaban J connectivity index is 1.79. The lowest BCUT2D eigenvalue weighted by Gasteiger charge is -2.37. The van der Waals surface area contributed by atoms with Crippen LogP contribution in [0.15, 0.2) is 65.5 Å². The molecule has 2 N–H and O–H groups in total. The monoisotopic (exact) mass is 532 g/mol. The second-order valence-electron chi connectivity index (χ2n) is 9.10. The molecular formula is C27H24ClF3N2O4. The summed E-state index contributed by atoms with van der Waals surface area (Å²) in [6.45, 7) is 1.25. The molecule has 0 saturated heterocycles. The number of halogens is 4. The van der Waals surface area contributed by atoms with Gasteiger partial charge < -0.3 is 10.2 Å². The van der Waals surface area contributed by atoms with Gasteiger partial charge in [0.05, 0.1) is 17.5 Å². The Morgan fingerprint density at radius 2 is 1.62 bits per heavy atom. The first-order chi connectivity index (χ1) is 17.3. The first-order valence-corrected chi connectivity index (χ1v) is 11.7. The minimum atomic E-state index is -5.07. The quantitative estimate of drug-likeness (QED) is 0.349. The molecule has 4 rings (SSSR count). The van der Waals surface area contributed by atoms with Crippen LogP contribution in [0, 0.1) is 0 Å². The number of aliphatic hydroxyl groups is 1. The molecule has 4 aromatic rings. The molecule has 37 heavy (non-hydrogen) atoms. The smallest absolute Gasteiger partial charge is 0.422 e. The van der Waals surface area contributed by atoms with Crippen molar-refractivity contribution >= 4 is 28.6 Å². The molecule has 0 bridgehead atoms. The number of imidazole rings is 1. The van der Waals surface area contributed by atoms with Crippen LogP contribution in [-0.4, -0.2) is 31.5 Å². The lowest BCUT2D eigenvalue weighted by molar-refractivity contribution is -0.274. The Kier molecular flexibility index (Phi) is 6.73. The van der Waals surface area contributed by atoms with Crippen LogP contribution in [0.1, 0.15) is 29.5 Å². The average Bonchev–Trinajstić information content (AvgIpc) is 3.05. The SMILES string of the molecule is CC(c1ccc(-c2cccc(CC(=O)O)c2)cc1Cl)C(O)(c1ccc2c(c1)n(C)c(=O)n2C)C(F)(F)F. The minimum absolute atomic E-state index is 0.0181. The lowest BCUT2D eigenvalue weighted by atomic mass is 9.77. The number of carboxylic acid groups (broad SMARTS) is 1. The van der Waals surface area contributed by atoms with Gasteiger partial charge in [-0.1, -0.05) is 61.0 Å². The number of carbonyl (C=O) groups is 1. The van der Waals surface area contributed by atoms with E-state index in [0.29, 0.717) is 22.2 Å². The van der Waals surface area contributed by atoms with Crippen molar-refractivity contribution < 1.29 is 28.2 Å². The number of carboxylic acids is 1. The van der Waals surface area contributed by atoms with Crippen LogP contribution in [0.5, 0.6) is 0 Å². The van der Waals surface area contributed by atoms with E-state index in [4.69, 9.17) is 16.7 Å². The highest BCUT2D eigenvalue weighted by Gasteiger charge is 2.59. The summed E-state index contributed by atoms with van der Waals surface area (Å²) in [7, 11) is 2.97. The van der Waals surface area contributed by atoms with E-state index in [1.807, 2.05) is 0 Å². The number of hydrogen-bond donors (Lipinski definition) is 2. The molecule has 10 heteroatoms. The summed E-state index contributed by atoms with van der Waals surface area (Å²) in [4.78, 5) is 23.3. The van der Waals surface area contributed by atoms with Crippen LogP contribution >= 0.6 is 11.6 Å². The molecule has 0 spiro atoms. The fourth-order valence-electron chi connectivity index (χ4n) is 4.72. The molecular weight excluding hydrogens is 509 g/mol. The van der Waals surface area contributed by atoms with E-state index < -0.39 is 34.9 Å². The van der Waals surface area contributed by atoms with Crippen LogP contribution in [0.2, 0.25) is 5.02 Å². The Morgan fingerprint density at radius 1 is 0.973 bits per heavy atom. The number of alkyl halides is 3. The van der Waals surface area contributed by atoms with Crippen molar-refractivity contribution in [3.63, 3.8) is 0 Å². The van der Waals surface area contributed by atoms with Crippen molar-refractivity contribution in [1.29, 1.82) is 0 Å². The predicted molar refractivity (Wildman–Crippen MR) is 135 cm³/mol. The Bertz CT molecular complexity index is 1570. The third-order valence-electron chi connectivity index (χ3n) is 6.85. The predicted octanol–water partition coefficient (Wildman–Crippen LogP) is 5.38. The third kappa shape index (κ3) is 4.53. The van der Waals surface area contributed by atoms with Gasteiger partial charge >= 0.3 is 17.8 Å². The zero-order chi connectivity index (χ0) is 27.3. The summed E-state index contributed by atoms with van der Waals surface area (Å²) in [5, 5.41) is 20.3. The normalized spacial score (nSPS) is 14.5. The highest BCUT2D eigenvalue weighted by atomic mass is 35.5. The van der Waals surface area contributed by atoms with E-state index in [1.165, 1.54) is 60.5 Å². The van der Waals surface area contributed by atoms with E-state index in [1.54, 1.807) is 30.3 Å². The molecule has 0 aliphatic carbocycles. The number of aryl methyl sites for hydroxylation is 2. The topological polar surface area (TPSA) is 84.5 Å². The standard InChI is InChI=1S/C27H24ClF3N2O4/c1-15(20-9-7-18(13-21(20)28)17-6-4-5-16(11-17)12-24(34)35)26(37,27(29,30)31)19-8-10-22-23(14-19)33(3)25(36)32(22)2/h4-11,13-15,37H,12H2,1-3H3,(H,34,35). The van der Waals surface area contributed by atoms with E-state index in [0.717, 1.165) is 0 Å². The van der Waals surface area contributed by atoms with E-state index in [-0.39, 0.29) is 22.5 Å². The first kappa shape index (κ1) is 26.5. The van der Waals surface area contributed by atoms with Gasteiger partial charge in [-0.2, -0.15) is 13.2 Å². The van der Waals surface area contributed by atoms with Gasteiger partial charge in [-0.05, 0) is 46.0 Å². The number of hydrogen-bond acceptors (Lipinski definition) is 3. The molecule has 6 nitrogen and oxygen atoms in total. The van der Waals surface area contributed by atoms with Crippen molar-refractivity contribution in [2.24, 2.45) is 14.1 Å². The number of benzene rings is 3. The van der Waals surface area contributed by atoms with Gasteiger partial charge in [0.1, 0.15) is 0 Å². The molecule has 3 aromatic carbocycles. The van der Waals surface area contributed by atoms with Crippen molar-refractivity contribution in [3.05, 3.63) is 92.9 Å². The van der Waals surface area contributed by atoms with Gasteiger partial charge in [0.25, 0.3) is 0 Å². The van der Waals surface area contributed by atoms with Crippen LogP contribution in [-0.2, 0) is 30.9 Å². The van der Waals surface area contributed by atoms with Crippen LogP contribution < -0.4 is 5.69 Å². The number of aliphatic carboxylic acids is 1. The molecule has 0 aliphatic heterocycles. The van der Waals surface area contributed by atoms with Crippen molar-refractivity contribution in [1.82, 2.24) is 9.13 Å². The zero-order valence-corrected chi connectivity index (χ0v) is 20.9. The summed E-state index contributed by atoms with van der Waals surface area (Å²) in [5.74, 6) is -2.50. The number of fused-ring (bicyclic) bond motifs is 1. The molecule has 0 saturated carbocycles. The second kappa shape index (κ2) is 9.39. The molecule has 2 unspecified atom stereocenters. The fraction of sp³-hybridized carbons (Fsp3) is 0.259. The molecule has 0 radical (unpaired) electrons. The van der Waals surface area contributed by atoms with E-state index in [2.05, 4.69) is 0 Å². The molecule has 0 amide bonds. The van der Waals surface area contributed by atoms with E-state index in [9.17, 15) is 27.9 Å². The largest absolute Gasteiger partial charge is 0.481 e. The van der Waals surface area contributed by atoms with E-state index >= 15 is 0 Å². The van der Waals surface area contributed by atoms with Crippen LogP contribution in [0.3, 0.4) is 0 Å². The average molecular weight is 533 g/mol. The summed E-state index contributed by atoms with van der Waals surface area (Å²) in [5.41, 5.74) is -1.55. The number of aromatic nitrogens is 2. The van der Waals surface area contributed by atoms with Gasteiger partial charge in [-0.3, -0.25) is 13.9 Å². The van der Waals surface area contributed by atoms with Crippen LogP contribution in [0.4, 0.5) is 13.2 Å².